The van der Waals surface area contributed by atoms with Gasteiger partial charge >= 0.3 is 0 Å². The Kier molecular flexibility index (Phi) is 3.83. The molecular formula is C18H14BrCl2NO. The highest BCUT2D eigenvalue weighted by molar-refractivity contribution is 9.10. The number of fused-ring (bicyclic) bond motifs is 3. The third-order valence-electron chi connectivity index (χ3n) is 4.70. The zero-order valence-corrected chi connectivity index (χ0v) is 15.2. The number of halogens is 3. The fraction of sp³-hybridized carbons (Fsp3) is 0.222. The predicted molar refractivity (Wildman–Crippen MR) is 98.6 cm³/mol. The van der Waals surface area contributed by atoms with Gasteiger partial charge in [-0.2, -0.15) is 0 Å². The van der Waals surface area contributed by atoms with E-state index in [1.54, 1.807) is 12.1 Å². The highest BCUT2D eigenvalue weighted by Gasteiger charge is 2.40. The van der Waals surface area contributed by atoms with Gasteiger partial charge in [0, 0.05) is 37.3 Å². The van der Waals surface area contributed by atoms with Crippen molar-refractivity contribution in [2.24, 2.45) is 5.92 Å². The number of aromatic hydroxyl groups is 1. The molecule has 3 unspecified atom stereocenters. The quantitative estimate of drug-likeness (QED) is 0.541. The van der Waals surface area contributed by atoms with Crippen LogP contribution >= 0.6 is 39.1 Å². The number of phenols is 1. The molecule has 1 heterocycles. The lowest BCUT2D eigenvalue weighted by Gasteiger charge is -2.38. The molecule has 118 valence electrons. The first-order chi connectivity index (χ1) is 11.0. The summed E-state index contributed by atoms with van der Waals surface area (Å²) in [4.78, 5) is 0. The van der Waals surface area contributed by atoms with Crippen LogP contribution in [0.3, 0.4) is 0 Å². The molecule has 1 aliphatic carbocycles. The van der Waals surface area contributed by atoms with Crippen molar-refractivity contribution in [3.8, 4) is 5.75 Å². The Bertz CT molecular complexity index is 821. The number of nitrogens with one attached hydrogen (secondary N) is 1. The molecule has 2 aliphatic rings. The molecule has 0 bridgehead atoms. The molecule has 0 saturated heterocycles. The van der Waals surface area contributed by atoms with Crippen LogP contribution < -0.4 is 5.32 Å². The molecule has 2 aromatic carbocycles. The second-order valence-electron chi connectivity index (χ2n) is 6.03. The van der Waals surface area contributed by atoms with Crippen molar-refractivity contribution in [2.75, 3.05) is 5.32 Å². The van der Waals surface area contributed by atoms with Gasteiger partial charge in [-0.05, 0) is 42.7 Å². The lowest BCUT2D eigenvalue weighted by molar-refractivity contribution is 0.402. The van der Waals surface area contributed by atoms with Gasteiger partial charge in [0.2, 0.25) is 0 Å². The Morgan fingerprint density at radius 2 is 2.00 bits per heavy atom. The summed E-state index contributed by atoms with van der Waals surface area (Å²) in [6, 6.07) is 9.25. The number of anilines is 1. The zero-order valence-electron chi connectivity index (χ0n) is 12.1. The molecule has 0 saturated carbocycles. The van der Waals surface area contributed by atoms with Gasteiger partial charge in [-0.25, -0.2) is 0 Å². The molecule has 0 radical (unpaired) electrons. The van der Waals surface area contributed by atoms with Crippen LogP contribution in [-0.2, 0) is 0 Å². The second kappa shape index (κ2) is 5.73. The Hall–Kier alpha value is -1.16. The van der Waals surface area contributed by atoms with Gasteiger partial charge in [0.25, 0.3) is 0 Å². The fourth-order valence-corrected chi connectivity index (χ4v) is 4.72. The average Bonchev–Trinajstić information content (AvgIpc) is 2.97. The maximum absolute atomic E-state index is 10.3. The van der Waals surface area contributed by atoms with E-state index in [-0.39, 0.29) is 12.0 Å². The SMILES string of the molecule is Oc1ccc(Br)cc1C1Nc2cc(Cl)cc(Cl)c2C2C=CCC21. The van der Waals surface area contributed by atoms with E-state index >= 15 is 0 Å². The van der Waals surface area contributed by atoms with Crippen LogP contribution in [0.2, 0.25) is 10.0 Å². The van der Waals surface area contributed by atoms with Gasteiger partial charge in [0.1, 0.15) is 5.75 Å². The molecule has 23 heavy (non-hydrogen) atoms. The summed E-state index contributed by atoms with van der Waals surface area (Å²) >= 11 is 16.1. The minimum absolute atomic E-state index is 0.00883. The van der Waals surface area contributed by atoms with Crippen LogP contribution in [0.5, 0.6) is 5.75 Å². The number of hydrogen-bond acceptors (Lipinski definition) is 2. The predicted octanol–water partition coefficient (Wildman–Crippen LogP) is 6.29. The molecule has 1 aliphatic heterocycles. The molecule has 3 atom stereocenters. The van der Waals surface area contributed by atoms with E-state index in [0.29, 0.717) is 21.7 Å². The summed E-state index contributed by atoms with van der Waals surface area (Å²) in [5, 5.41) is 15.2. The minimum atomic E-state index is 0.00883. The molecule has 0 amide bonds. The molecule has 5 heteroatoms. The van der Waals surface area contributed by atoms with Gasteiger partial charge in [0.05, 0.1) is 6.04 Å². The van der Waals surface area contributed by atoms with E-state index in [0.717, 1.165) is 27.7 Å². The van der Waals surface area contributed by atoms with Gasteiger partial charge in [-0.3, -0.25) is 0 Å². The second-order valence-corrected chi connectivity index (χ2v) is 7.79. The average molecular weight is 411 g/mol. The summed E-state index contributed by atoms with van der Waals surface area (Å²) in [5.74, 6) is 0.855. The van der Waals surface area contributed by atoms with Gasteiger partial charge in [-0.15, -0.1) is 0 Å². The van der Waals surface area contributed by atoms with Crippen LogP contribution in [0.25, 0.3) is 0 Å². The standard InChI is InChI=1S/C18H14BrCl2NO/c19-9-4-5-16(23)13(6-9)18-12-3-1-2-11(12)17-14(21)7-10(20)8-15(17)22-18/h1-2,4-8,11-12,18,22-23H,3H2. The van der Waals surface area contributed by atoms with Crippen molar-refractivity contribution in [2.45, 2.75) is 18.4 Å². The Labute approximate surface area is 153 Å². The van der Waals surface area contributed by atoms with Gasteiger partial charge in [-0.1, -0.05) is 51.3 Å². The van der Waals surface area contributed by atoms with Crippen molar-refractivity contribution in [1.82, 2.24) is 0 Å². The third-order valence-corrected chi connectivity index (χ3v) is 5.73. The van der Waals surface area contributed by atoms with Crippen LogP contribution in [0, 0.1) is 5.92 Å². The molecule has 4 rings (SSSR count). The van der Waals surface area contributed by atoms with Crippen molar-refractivity contribution < 1.29 is 5.11 Å². The zero-order chi connectivity index (χ0) is 16.1. The summed E-state index contributed by atoms with van der Waals surface area (Å²) < 4.78 is 0.949. The molecule has 2 aromatic rings. The van der Waals surface area contributed by atoms with E-state index < -0.39 is 0 Å². The normalized spacial score (nSPS) is 24.9. The highest BCUT2D eigenvalue weighted by atomic mass is 79.9. The summed E-state index contributed by atoms with van der Waals surface area (Å²) in [5.41, 5.74) is 2.93. The monoisotopic (exact) mass is 409 g/mol. The molecule has 0 fully saturated rings. The number of hydrogen-bond donors (Lipinski definition) is 2. The Morgan fingerprint density at radius 3 is 2.83 bits per heavy atom. The lowest BCUT2D eigenvalue weighted by Crippen LogP contribution is -2.29. The highest BCUT2D eigenvalue weighted by Crippen LogP contribution is 2.53. The molecule has 0 aromatic heterocycles. The number of allylic oxidation sites excluding steroid dienone is 2. The first kappa shape index (κ1) is 15.4. The van der Waals surface area contributed by atoms with Crippen molar-refractivity contribution in [1.29, 1.82) is 0 Å². The molecule has 0 spiro atoms. The van der Waals surface area contributed by atoms with Gasteiger partial charge < -0.3 is 10.4 Å². The maximum atomic E-state index is 10.3. The Morgan fingerprint density at radius 1 is 1.17 bits per heavy atom. The number of benzene rings is 2. The summed E-state index contributed by atoms with van der Waals surface area (Å²) in [6.07, 6.45) is 5.36. The summed E-state index contributed by atoms with van der Waals surface area (Å²) in [6.45, 7) is 0. The van der Waals surface area contributed by atoms with Crippen LogP contribution in [0.15, 0.2) is 47.0 Å². The van der Waals surface area contributed by atoms with Crippen LogP contribution in [-0.4, -0.2) is 5.11 Å². The molecule has 2 N–H and O–H groups in total. The van der Waals surface area contributed by atoms with Crippen LogP contribution in [0.4, 0.5) is 5.69 Å². The first-order valence-corrected chi connectivity index (χ1v) is 9.00. The van der Waals surface area contributed by atoms with E-state index in [2.05, 4.69) is 33.4 Å². The lowest BCUT2D eigenvalue weighted by atomic mass is 9.77. The van der Waals surface area contributed by atoms with Crippen molar-refractivity contribution >= 4 is 44.8 Å². The van der Waals surface area contributed by atoms with Gasteiger partial charge in [0.15, 0.2) is 0 Å². The largest absolute Gasteiger partial charge is 0.508 e. The summed E-state index contributed by atoms with van der Waals surface area (Å²) in [7, 11) is 0. The third kappa shape index (κ3) is 2.55. The maximum Gasteiger partial charge on any atom is 0.120 e. The fourth-order valence-electron chi connectivity index (χ4n) is 3.73. The van der Waals surface area contributed by atoms with Crippen molar-refractivity contribution in [3.63, 3.8) is 0 Å². The molecular weight excluding hydrogens is 397 g/mol. The van der Waals surface area contributed by atoms with Crippen LogP contribution in [0.1, 0.15) is 29.5 Å². The number of phenolic OH excluding ortho intramolecular Hbond substituents is 1. The van der Waals surface area contributed by atoms with E-state index in [1.165, 1.54) is 0 Å². The number of rotatable bonds is 1. The van der Waals surface area contributed by atoms with E-state index in [1.807, 2.05) is 18.2 Å². The minimum Gasteiger partial charge on any atom is -0.508 e. The smallest absolute Gasteiger partial charge is 0.120 e. The topological polar surface area (TPSA) is 32.3 Å². The first-order valence-electron chi connectivity index (χ1n) is 7.45. The molecule has 2 nitrogen and oxygen atoms in total. The van der Waals surface area contributed by atoms with E-state index in [9.17, 15) is 5.11 Å². The van der Waals surface area contributed by atoms with E-state index in [4.69, 9.17) is 23.2 Å². The van der Waals surface area contributed by atoms with Crippen molar-refractivity contribution in [3.05, 3.63) is 68.1 Å². The Balaban J connectivity index is 1.86.